The molecule has 1 aliphatic rings. The third-order valence-electron chi connectivity index (χ3n) is 3.83. The van der Waals surface area contributed by atoms with Crippen LogP contribution in [0.15, 0.2) is 18.5 Å². The summed E-state index contributed by atoms with van der Waals surface area (Å²) < 4.78 is 0. The minimum absolute atomic E-state index is 0.0312. The average molecular weight is 306 g/mol. The molecular weight excluding hydrogens is 284 g/mol. The van der Waals surface area contributed by atoms with E-state index in [-0.39, 0.29) is 29.6 Å². The van der Waals surface area contributed by atoms with Gasteiger partial charge in [0.2, 0.25) is 5.91 Å². The molecule has 0 bridgehead atoms. The molecule has 2 atom stereocenters. The van der Waals surface area contributed by atoms with Crippen LogP contribution in [0, 0.1) is 16.0 Å². The van der Waals surface area contributed by atoms with Gasteiger partial charge in [0.1, 0.15) is 11.9 Å². The van der Waals surface area contributed by atoms with E-state index in [0.717, 1.165) is 19.3 Å². The quantitative estimate of drug-likeness (QED) is 0.643. The number of nitrogens with zero attached hydrogens (tertiary/aromatic N) is 2. The van der Waals surface area contributed by atoms with E-state index in [2.05, 4.69) is 15.6 Å². The zero-order valence-corrected chi connectivity index (χ0v) is 12.9. The van der Waals surface area contributed by atoms with Gasteiger partial charge in [-0.3, -0.25) is 19.9 Å². The summed E-state index contributed by atoms with van der Waals surface area (Å²) in [5, 5.41) is 17.2. The highest BCUT2D eigenvalue weighted by atomic mass is 16.6. The summed E-state index contributed by atoms with van der Waals surface area (Å²) in [6.45, 7) is 3.88. The molecule has 0 spiro atoms. The highest BCUT2D eigenvalue weighted by Crippen LogP contribution is 2.30. The summed E-state index contributed by atoms with van der Waals surface area (Å²) in [6, 6.07) is 1.80. The highest BCUT2D eigenvalue weighted by Gasteiger charge is 2.28. The molecule has 0 aliphatic heterocycles. The van der Waals surface area contributed by atoms with Crippen molar-refractivity contribution in [3.05, 3.63) is 28.6 Å². The largest absolute Gasteiger partial charge is 0.377 e. The van der Waals surface area contributed by atoms with Gasteiger partial charge in [0.05, 0.1) is 4.92 Å². The number of hydrogen-bond donors (Lipinski definition) is 2. The number of aromatic nitrogens is 1. The second-order valence-electron chi connectivity index (χ2n) is 6.02. The Labute approximate surface area is 129 Å². The van der Waals surface area contributed by atoms with Crippen LogP contribution in [-0.2, 0) is 4.79 Å². The van der Waals surface area contributed by atoms with E-state index in [9.17, 15) is 14.9 Å². The number of anilines is 1. The molecule has 1 heterocycles. The number of rotatable bonds is 5. The van der Waals surface area contributed by atoms with Gasteiger partial charge in [-0.1, -0.05) is 6.42 Å². The maximum absolute atomic E-state index is 12.1. The molecule has 2 N–H and O–H groups in total. The van der Waals surface area contributed by atoms with Crippen molar-refractivity contribution < 1.29 is 9.72 Å². The second-order valence-corrected chi connectivity index (χ2v) is 6.02. The molecule has 7 nitrogen and oxygen atoms in total. The molecule has 1 fully saturated rings. The van der Waals surface area contributed by atoms with Gasteiger partial charge in [0, 0.05) is 24.2 Å². The molecule has 0 aromatic carbocycles. The van der Waals surface area contributed by atoms with Crippen molar-refractivity contribution in [2.24, 2.45) is 5.92 Å². The zero-order chi connectivity index (χ0) is 16.1. The Kier molecular flexibility index (Phi) is 5.30. The SMILES string of the molecule is CC(C)NC(=O)[C@H]1CCC[C@H](Nc2ccncc2[N+](=O)[O-])C1. The third kappa shape index (κ3) is 4.16. The fourth-order valence-electron chi connectivity index (χ4n) is 2.83. The van der Waals surface area contributed by atoms with Gasteiger partial charge in [-0.05, 0) is 39.2 Å². The number of carbonyl (C=O) groups excluding carboxylic acids is 1. The Balaban J connectivity index is 2.02. The van der Waals surface area contributed by atoms with Gasteiger partial charge in [-0.25, -0.2) is 0 Å². The molecule has 1 amide bonds. The van der Waals surface area contributed by atoms with Gasteiger partial charge in [-0.2, -0.15) is 0 Å². The predicted molar refractivity (Wildman–Crippen MR) is 83.5 cm³/mol. The van der Waals surface area contributed by atoms with Gasteiger partial charge in [-0.15, -0.1) is 0 Å². The maximum Gasteiger partial charge on any atom is 0.310 e. The van der Waals surface area contributed by atoms with Crippen LogP contribution in [0.1, 0.15) is 39.5 Å². The first-order valence-corrected chi connectivity index (χ1v) is 7.62. The number of nitro groups is 1. The highest BCUT2D eigenvalue weighted by molar-refractivity contribution is 5.79. The molecule has 1 aromatic rings. The van der Waals surface area contributed by atoms with Crippen molar-refractivity contribution in [3.8, 4) is 0 Å². The fourth-order valence-corrected chi connectivity index (χ4v) is 2.83. The molecule has 0 saturated heterocycles. The van der Waals surface area contributed by atoms with Crippen LogP contribution in [0.4, 0.5) is 11.4 Å². The van der Waals surface area contributed by atoms with Gasteiger partial charge in [0.15, 0.2) is 0 Å². The summed E-state index contributed by atoms with van der Waals surface area (Å²) >= 11 is 0. The smallest absolute Gasteiger partial charge is 0.310 e. The van der Waals surface area contributed by atoms with Gasteiger partial charge < -0.3 is 10.6 Å². The first-order chi connectivity index (χ1) is 10.5. The molecule has 22 heavy (non-hydrogen) atoms. The fraction of sp³-hybridized carbons (Fsp3) is 0.600. The van der Waals surface area contributed by atoms with E-state index in [4.69, 9.17) is 0 Å². The van der Waals surface area contributed by atoms with Crippen LogP contribution in [0.25, 0.3) is 0 Å². The van der Waals surface area contributed by atoms with E-state index in [1.165, 1.54) is 12.4 Å². The van der Waals surface area contributed by atoms with Gasteiger partial charge >= 0.3 is 5.69 Å². The summed E-state index contributed by atoms with van der Waals surface area (Å²) in [7, 11) is 0. The van der Waals surface area contributed by atoms with Crippen molar-refractivity contribution in [1.29, 1.82) is 0 Å². The van der Waals surface area contributed by atoms with Crippen molar-refractivity contribution in [2.45, 2.75) is 51.6 Å². The minimum Gasteiger partial charge on any atom is -0.377 e. The second kappa shape index (κ2) is 7.20. The minimum atomic E-state index is -0.443. The predicted octanol–water partition coefficient (Wildman–Crippen LogP) is 2.49. The third-order valence-corrected chi connectivity index (χ3v) is 3.83. The van der Waals surface area contributed by atoms with Gasteiger partial charge in [0.25, 0.3) is 0 Å². The van der Waals surface area contributed by atoms with E-state index in [0.29, 0.717) is 12.1 Å². The molecule has 1 aliphatic carbocycles. The van der Waals surface area contributed by atoms with Crippen molar-refractivity contribution in [2.75, 3.05) is 5.32 Å². The molecule has 120 valence electrons. The normalized spacial score (nSPS) is 21.4. The summed E-state index contributed by atoms with van der Waals surface area (Å²) in [5.41, 5.74) is 0.436. The van der Waals surface area contributed by atoms with Crippen LogP contribution in [0.2, 0.25) is 0 Å². The van der Waals surface area contributed by atoms with E-state index < -0.39 is 4.92 Å². The van der Waals surface area contributed by atoms with Crippen LogP contribution in [-0.4, -0.2) is 27.9 Å². The summed E-state index contributed by atoms with van der Waals surface area (Å²) in [4.78, 5) is 26.5. The molecule has 0 unspecified atom stereocenters. The molecule has 2 rings (SSSR count). The van der Waals surface area contributed by atoms with Crippen molar-refractivity contribution in [1.82, 2.24) is 10.3 Å². The summed E-state index contributed by atoms with van der Waals surface area (Å²) in [5.74, 6) is 0.0419. The van der Waals surface area contributed by atoms with Crippen LogP contribution in [0.3, 0.4) is 0 Å². The van der Waals surface area contributed by atoms with E-state index >= 15 is 0 Å². The van der Waals surface area contributed by atoms with Crippen LogP contribution < -0.4 is 10.6 Å². The van der Waals surface area contributed by atoms with Crippen LogP contribution >= 0.6 is 0 Å². The van der Waals surface area contributed by atoms with Crippen molar-refractivity contribution >= 4 is 17.3 Å². The number of hydrogen-bond acceptors (Lipinski definition) is 5. The number of pyridine rings is 1. The van der Waals surface area contributed by atoms with Crippen molar-refractivity contribution in [3.63, 3.8) is 0 Å². The Bertz CT molecular complexity index is 547. The van der Waals surface area contributed by atoms with Crippen LogP contribution in [0.5, 0.6) is 0 Å². The maximum atomic E-state index is 12.1. The lowest BCUT2D eigenvalue weighted by molar-refractivity contribution is -0.384. The lowest BCUT2D eigenvalue weighted by atomic mass is 9.85. The average Bonchev–Trinajstić information content (AvgIpc) is 2.47. The Morgan fingerprint density at radius 3 is 2.91 bits per heavy atom. The topological polar surface area (TPSA) is 97.2 Å². The number of nitrogens with one attached hydrogen (secondary N) is 2. The Hall–Kier alpha value is -2.18. The number of carbonyl (C=O) groups is 1. The molecule has 7 heteroatoms. The zero-order valence-electron chi connectivity index (χ0n) is 12.9. The Morgan fingerprint density at radius 2 is 2.23 bits per heavy atom. The Morgan fingerprint density at radius 1 is 1.45 bits per heavy atom. The standard InChI is InChI=1S/C15H22N4O3/c1-10(2)17-15(20)11-4-3-5-12(8-11)18-13-6-7-16-9-14(13)19(21)22/h6-7,9-12H,3-5,8H2,1-2H3,(H,16,18)(H,17,20)/t11-,12-/m0/s1. The lowest BCUT2D eigenvalue weighted by Crippen LogP contribution is -2.40. The first-order valence-electron chi connectivity index (χ1n) is 7.62. The van der Waals surface area contributed by atoms with E-state index in [1.807, 2.05) is 13.8 Å². The molecule has 1 saturated carbocycles. The van der Waals surface area contributed by atoms with E-state index in [1.54, 1.807) is 6.07 Å². The lowest BCUT2D eigenvalue weighted by Gasteiger charge is -2.30. The monoisotopic (exact) mass is 306 g/mol. The number of amides is 1. The molecule has 0 radical (unpaired) electrons. The molecular formula is C15H22N4O3. The summed E-state index contributed by atoms with van der Waals surface area (Å²) in [6.07, 6.45) is 6.18. The molecule has 1 aromatic heterocycles. The first kappa shape index (κ1) is 16.2.